The van der Waals surface area contributed by atoms with Crippen molar-refractivity contribution in [3.63, 3.8) is 0 Å². The maximum absolute atomic E-state index is 13.3. The first-order chi connectivity index (χ1) is 17.5. The number of pyridine rings is 1. The van der Waals surface area contributed by atoms with Gasteiger partial charge in [0.15, 0.2) is 0 Å². The Morgan fingerprint density at radius 1 is 1.06 bits per heavy atom. The lowest BCUT2D eigenvalue weighted by atomic mass is 9.96. The molecule has 1 heterocycles. The molecule has 0 bridgehead atoms. The largest absolute Gasteiger partial charge is 0.492 e. The van der Waals surface area contributed by atoms with E-state index >= 15 is 0 Å². The number of ether oxygens (including phenoxy) is 1. The Balaban J connectivity index is 1.40. The van der Waals surface area contributed by atoms with Crippen LogP contribution >= 0.6 is 0 Å². The van der Waals surface area contributed by atoms with Crippen LogP contribution in [0.3, 0.4) is 0 Å². The fraction of sp³-hybridized carbons (Fsp3) is 0.267. The maximum atomic E-state index is 13.3. The van der Waals surface area contributed by atoms with E-state index in [9.17, 15) is 9.59 Å². The van der Waals surface area contributed by atoms with Gasteiger partial charge in [-0.15, -0.1) is 0 Å². The molecule has 0 aliphatic heterocycles. The Labute approximate surface area is 210 Å². The molecule has 1 aromatic heterocycles. The van der Waals surface area contributed by atoms with Gasteiger partial charge < -0.3 is 19.9 Å². The second kappa shape index (κ2) is 10.4. The van der Waals surface area contributed by atoms with Gasteiger partial charge in [0, 0.05) is 29.7 Å². The fourth-order valence-corrected chi connectivity index (χ4v) is 4.35. The molecular formula is C30H31N3O3. The second-order valence-electron chi connectivity index (χ2n) is 9.43. The van der Waals surface area contributed by atoms with Crippen molar-refractivity contribution >= 4 is 16.7 Å². The van der Waals surface area contributed by atoms with Crippen molar-refractivity contribution < 1.29 is 9.53 Å². The minimum atomic E-state index is -0.0326. The van der Waals surface area contributed by atoms with Gasteiger partial charge in [-0.05, 0) is 96.9 Å². The molecule has 184 valence electrons. The molecule has 1 saturated carbocycles. The van der Waals surface area contributed by atoms with Crippen molar-refractivity contribution in [2.45, 2.75) is 32.4 Å². The lowest BCUT2D eigenvalue weighted by Crippen LogP contribution is -2.25. The number of benzene rings is 3. The summed E-state index contributed by atoms with van der Waals surface area (Å²) in [5.41, 5.74) is 4.71. The van der Waals surface area contributed by atoms with Gasteiger partial charge in [-0.3, -0.25) is 9.59 Å². The van der Waals surface area contributed by atoms with Gasteiger partial charge in [0.2, 0.25) is 0 Å². The van der Waals surface area contributed by atoms with E-state index in [2.05, 4.69) is 10.6 Å². The van der Waals surface area contributed by atoms with Crippen LogP contribution in [0.4, 0.5) is 0 Å². The number of nitrogens with zero attached hydrogens (tertiary/aromatic N) is 1. The zero-order valence-electron chi connectivity index (χ0n) is 20.7. The van der Waals surface area contributed by atoms with Crippen LogP contribution in [-0.4, -0.2) is 36.7 Å². The highest BCUT2D eigenvalue weighted by molar-refractivity contribution is 5.96. The summed E-state index contributed by atoms with van der Waals surface area (Å²) in [6.07, 6.45) is 3.96. The summed E-state index contributed by atoms with van der Waals surface area (Å²) in [7, 11) is 1.89. The van der Waals surface area contributed by atoms with Crippen LogP contribution in [0.2, 0.25) is 0 Å². The fourth-order valence-electron chi connectivity index (χ4n) is 4.35. The standard InChI is InChI=1S/C30H31N3O3/c1-20-6-7-24(29(34)32-25-9-10-25)18-28(20)22-8-11-27-23(17-22)12-14-33(30(27)35)19-21-4-3-5-26(16-21)36-15-13-31-2/h3-8,11-12,14,16-18,25,31H,9-10,13,15,19H2,1-2H3,(H,32,34). The maximum Gasteiger partial charge on any atom is 0.258 e. The molecule has 1 aliphatic rings. The predicted molar refractivity (Wildman–Crippen MR) is 144 cm³/mol. The summed E-state index contributed by atoms with van der Waals surface area (Å²) in [5, 5.41) is 7.67. The quantitative estimate of drug-likeness (QED) is 0.345. The topological polar surface area (TPSA) is 72.4 Å². The molecule has 1 fully saturated rings. The van der Waals surface area contributed by atoms with Crippen LogP contribution < -0.4 is 20.9 Å². The van der Waals surface area contributed by atoms with E-state index in [0.29, 0.717) is 30.1 Å². The Morgan fingerprint density at radius 3 is 2.72 bits per heavy atom. The Bertz CT molecular complexity index is 1470. The predicted octanol–water partition coefficient (Wildman–Crippen LogP) is 4.52. The summed E-state index contributed by atoms with van der Waals surface area (Å²) < 4.78 is 7.49. The monoisotopic (exact) mass is 481 g/mol. The molecule has 4 aromatic rings. The Hall–Kier alpha value is -3.90. The van der Waals surface area contributed by atoms with Crippen molar-refractivity contribution in [1.82, 2.24) is 15.2 Å². The Kier molecular flexibility index (Phi) is 6.87. The van der Waals surface area contributed by atoms with Gasteiger partial charge in [-0.2, -0.15) is 0 Å². The van der Waals surface area contributed by atoms with E-state index in [1.807, 2.05) is 86.9 Å². The SMILES string of the molecule is CNCCOc1cccc(Cn2ccc3cc(-c4cc(C(=O)NC5CC5)ccc4C)ccc3c2=O)c1. The summed E-state index contributed by atoms with van der Waals surface area (Å²) >= 11 is 0. The second-order valence-corrected chi connectivity index (χ2v) is 9.43. The summed E-state index contributed by atoms with van der Waals surface area (Å²) in [6.45, 7) is 3.87. The number of carbonyl (C=O) groups is 1. The van der Waals surface area contributed by atoms with Crippen LogP contribution in [-0.2, 0) is 6.54 Å². The van der Waals surface area contributed by atoms with Gasteiger partial charge in [-0.1, -0.05) is 24.3 Å². The van der Waals surface area contributed by atoms with Crippen molar-refractivity contribution in [1.29, 1.82) is 0 Å². The van der Waals surface area contributed by atoms with Crippen molar-refractivity contribution in [3.05, 3.63) is 100.0 Å². The van der Waals surface area contributed by atoms with E-state index in [-0.39, 0.29) is 11.5 Å². The van der Waals surface area contributed by atoms with Crippen LogP contribution in [0.1, 0.15) is 34.3 Å². The van der Waals surface area contributed by atoms with Gasteiger partial charge in [0.1, 0.15) is 12.4 Å². The molecule has 0 unspecified atom stereocenters. The van der Waals surface area contributed by atoms with Crippen LogP contribution in [0, 0.1) is 6.92 Å². The molecule has 0 saturated heterocycles. The molecule has 0 spiro atoms. The van der Waals surface area contributed by atoms with Gasteiger partial charge in [0.25, 0.3) is 11.5 Å². The number of fused-ring (bicyclic) bond motifs is 1. The first kappa shape index (κ1) is 23.8. The first-order valence-electron chi connectivity index (χ1n) is 12.4. The number of hydrogen-bond acceptors (Lipinski definition) is 4. The van der Waals surface area contributed by atoms with Crippen LogP contribution in [0.5, 0.6) is 5.75 Å². The smallest absolute Gasteiger partial charge is 0.258 e. The molecule has 2 N–H and O–H groups in total. The molecule has 3 aromatic carbocycles. The van der Waals surface area contributed by atoms with Crippen LogP contribution in [0.25, 0.3) is 21.9 Å². The van der Waals surface area contributed by atoms with E-state index in [4.69, 9.17) is 4.74 Å². The number of amides is 1. The number of likely N-dealkylation sites (N-methyl/N-ethyl adjacent to an activating group) is 1. The van der Waals surface area contributed by atoms with Gasteiger partial charge >= 0.3 is 0 Å². The molecule has 1 amide bonds. The number of aryl methyl sites for hydroxylation is 1. The average molecular weight is 482 g/mol. The van der Waals surface area contributed by atoms with Crippen LogP contribution in [0.15, 0.2) is 77.7 Å². The highest BCUT2D eigenvalue weighted by Gasteiger charge is 2.24. The van der Waals surface area contributed by atoms with E-state index < -0.39 is 0 Å². The summed E-state index contributed by atoms with van der Waals surface area (Å²) in [4.78, 5) is 25.8. The van der Waals surface area contributed by atoms with E-state index in [1.165, 1.54) is 0 Å². The number of rotatable bonds is 9. The van der Waals surface area contributed by atoms with Crippen molar-refractivity contribution in [2.75, 3.05) is 20.2 Å². The average Bonchev–Trinajstić information content (AvgIpc) is 3.70. The molecule has 6 nitrogen and oxygen atoms in total. The highest BCUT2D eigenvalue weighted by atomic mass is 16.5. The molecule has 1 aliphatic carbocycles. The molecule has 5 rings (SSSR count). The molecule has 0 atom stereocenters. The highest BCUT2D eigenvalue weighted by Crippen LogP contribution is 2.28. The molecule has 0 radical (unpaired) electrons. The third-order valence-electron chi connectivity index (χ3n) is 6.57. The molecular weight excluding hydrogens is 450 g/mol. The number of nitrogens with one attached hydrogen (secondary N) is 2. The number of carbonyl (C=O) groups excluding carboxylic acids is 1. The molecule has 36 heavy (non-hydrogen) atoms. The molecule has 6 heteroatoms. The zero-order valence-corrected chi connectivity index (χ0v) is 20.7. The Morgan fingerprint density at radius 2 is 1.92 bits per heavy atom. The van der Waals surface area contributed by atoms with Gasteiger partial charge in [0.05, 0.1) is 6.54 Å². The summed E-state index contributed by atoms with van der Waals surface area (Å²) in [5.74, 6) is 0.767. The first-order valence-corrected chi connectivity index (χ1v) is 12.4. The van der Waals surface area contributed by atoms with E-state index in [0.717, 1.165) is 52.8 Å². The summed E-state index contributed by atoms with van der Waals surface area (Å²) in [6, 6.07) is 21.8. The minimum Gasteiger partial charge on any atom is -0.492 e. The van der Waals surface area contributed by atoms with Gasteiger partial charge in [-0.25, -0.2) is 0 Å². The number of hydrogen-bond donors (Lipinski definition) is 2. The normalized spacial score (nSPS) is 13.1. The minimum absolute atomic E-state index is 0.0288. The lowest BCUT2D eigenvalue weighted by Gasteiger charge is -2.12. The lowest BCUT2D eigenvalue weighted by molar-refractivity contribution is 0.0951. The third-order valence-corrected chi connectivity index (χ3v) is 6.57. The van der Waals surface area contributed by atoms with Crippen molar-refractivity contribution in [3.8, 4) is 16.9 Å². The van der Waals surface area contributed by atoms with E-state index in [1.54, 1.807) is 4.57 Å². The number of aromatic nitrogens is 1. The third kappa shape index (κ3) is 5.34. The van der Waals surface area contributed by atoms with Crippen molar-refractivity contribution in [2.24, 2.45) is 0 Å². The zero-order chi connectivity index (χ0) is 25.1.